The summed E-state index contributed by atoms with van der Waals surface area (Å²) in [7, 11) is 0. The lowest BCUT2D eigenvalue weighted by molar-refractivity contribution is 0.104. The Balaban J connectivity index is 1.96. The number of carbonyl (C=O) groups is 1. The lowest BCUT2D eigenvalue weighted by atomic mass is 10.1. The maximum absolute atomic E-state index is 11.8. The first-order chi connectivity index (χ1) is 8.75. The Labute approximate surface area is 112 Å². The molecule has 0 saturated carbocycles. The minimum atomic E-state index is 0.0372. The van der Waals surface area contributed by atoms with Gasteiger partial charge in [0.25, 0.3) is 0 Å². The number of hydrogen-bond acceptors (Lipinski definition) is 2. The summed E-state index contributed by atoms with van der Waals surface area (Å²) in [5.74, 6) is 0.0372. The van der Waals surface area contributed by atoms with Crippen molar-refractivity contribution in [3.8, 4) is 0 Å². The van der Waals surface area contributed by atoms with Crippen LogP contribution in [0.5, 0.6) is 0 Å². The lowest BCUT2D eigenvalue weighted by Crippen LogP contribution is -1.92. The van der Waals surface area contributed by atoms with Gasteiger partial charge in [0.2, 0.25) is 0 Å². The first kappa shape index (κ1) is 12.7. The Morgan fingerprint density at radius 1 is 1.00 bits per heavy atom. The number of ketones is 1. The second-order valence-electron chi connectivity index (χ2n) is 3.96. The molecular weight excluding hydrogens is 240 g/mol. The number of allylic oxidation sites excluding steroid dienone is 1. The van der Waals surface area contributed by atoms with Gasteiger partial charge in [-0.05, 0) is 30.5 Å². The zero-order valence-electron chi connectivity index (χ0n) is 10.2. The average molecular weight is 254 g/mol. The molecule has 0 unspecified atom stereocenters. The first-order valence-corrected chi connectivity index (χ1v) is 6.63. The van der Waals surface area contributed by atoms with Crippen LogP contribution in [0.4, 0.5) is 0 Å². The maximum Gasteiger partial charge on any atom is 0.186 e. The number of benzene rings is 2. The third kappa shape index (κ3) is 3.60. The van der Waals surface area contributed by atoms with Gasteiger partial charge in [0.15, 0.2) is 5.78 Å². The van der Waals surface area contributed by atoms with Crippen molar-refractivity contribution in [1.82, 2.24) is 0 Å². The monoisotopic (exact) mass is 254 g/mol. The van der Waals surface area contributed by atoms with Crippen LogP contribution >= 0.6 is 11.8 Å². The van der Waals surface area contributed by atoms with Crippen molar-refractivity contribution in [3.05, 3.63) is 77.2 Å². The molecule has 2 heteroatoms. The molecule has 2 rings (SSSR count). The molecule has 0 radical (unpaired) electrons. The van der Waals surface area contributed by atoms with Crippen molar-refractivity contribution >= 4 is 17.5 Å². The van der Waals surface area contributed by atoms with Crippen molar-refractivity contribution in [2.75, 3.05) is 0 Å². The minimum Gasteiger partial charge on any atom is -0.289 e. The van der Waals surface area contributed by atoms with Gasteiger partial charge in [-0.3, -0.25) is 4.79 Å². The molecule has 0 aromatic heterocycles. The summed E-state index contributed by atoms with van der Waals surface area (Å²) in [6.07, 6.45) is 1.61. The van der Waals surface area contributed by atoms with E-state index in [1.807, 2.05) is 35.7 Å². The van der Waals surface area contributed by atoms with Gasteiger partial charge < -0.3 is 0 Å². The van der Waals surface area contributed by atoms with Gasteiger partial charge in [-0.15, -0.1) is 0 Å². The Hall–Kier alpha value is -1.80. The van der Waals surface area contributed by atoms with Crippen LogP contribution in [0.3, 0.4) is 0 Å². The number of carbonyl (C=O) groups excluding carboxylic acids is 1. The van der Waals surface area contributed by atoms with Crippen molar-refractivity contribution < 1.29 is 4.79 Å². The quantitative estimate of drug-likeness (QED) is 0.454. The highest BCUT2D eigenvalue weighted by Crippen LogP contribution is 2.19. The van der Waals surface area contributed by atoms with Crippen LogP contribution in [0.1, 0.15) is 15.9 Å². The van der Waals surface area contributed by atoms with E-state index in [2.05, 4.69) is 31.2 Å². The van der Waals surface area contributed by atoms with Crippen LogP contribution in [0.25, 0.3) is 0 Å². The average Bonchev–Trinajstić information content (AvgIpc) is 2.42. The molecule has 2 aromatic carbocycles. The van der Waals surface area contributed by atoms with Crippen LogP contribution < -0.4 is 0 Å². The first-order valence-electron chi connectivity index (χ1n) is 5.75. The predicted octanol–water partition coefficient (Wildman–Crippen LogP) is 4.48. The fraction of sp³-hybridized carbons (Fsp3) is 0.0625. The third-order valence-electron chi connectivity index (χ3n) is 2.50. The molecule has 90 valence electrons. The van der Waals surface area contributed by atoms with E-state index in [0.717, 1.165) is 10.5 Å². The third-order valence-corrected chi connectivity index (χ3v) is 3.32. The highest BCUT2D eigenvalue weighted by Gasteiger charge is 1.99. The van der Waals surface area contributed by atoms with E-state index < -0.39 is 0 Å². The van der Waals surface area contributed by atoms with Gasteiger partial charge >= 0.3 is 0 Å². The van der Waals surface area contributed by atoms with E-state index in [0.29, 0.717) is 0 Å². The van der Waals surface area contributed by atoms with E-state index in [-0.39, 0.29) is 5.78 Å². The molecule has 2 aromatic rings. The van der Waals surface area contributed by atoms with Gasteiger partial charge in [0, 0.05) is 10.5 Å². The van der Waals surface area contributed by atoms with Gasteiger partial charge in [-0.2, -0.15) is 0 Å². The maximum atomic E-state index is 11.8. The standard InChI is InChI=1S/C16H14OS/c1-13-7-9-15(10-8-13)18-12-11-16(17)14-5-3-2-4-6-14/h2-12H,1H3/b12-11+. The molecule has 18 heavy (non-hydrogen) atoms. The van der Waals surface area contributed by atoms with Gasteiger partial charge in [0.1, 0.15) is 0 Å². The van der Waals surface area contributed by atoms with E-state index in [1.54, 1.807) is 17.8 Å². The molecular formula is C16H14OS. The van der Waals surface area contributed by atoms with E-state index >= 15 is 0 Å². The molecule has 0 spiro atoms. The fourth-order valence-electron chi connectivity index (χ4n) is 1.49. The summed E-state index contributed by atoms with van der Waals surface area (Å²) in [6, 6.07) is 17.5. The van der Waals surface area contributed by atoms with Crippen molar-refractivity contribution in [3.63, 3.8) is 0 Å². The predicted molar refractivity (Wildman–Crippen MR) is 76.9 cm³/mol. The molecule has 0 heterocycles. The van der Waals surface area contributed by atoms with Crippen molar-refractivity contribution in [1.29, 1.82) is 0 Å². The molecule has 0 aliphatic rings. The number of hydrogen-bond donors (Lipinski definition) is 0. The lowest BCUT2D eigenvalue weighted by Gasteiger charge is -1.97. The number of rotatable bonds is 4. The summed E-state index contributed by atoms with van der Waals surface area (Å²) >= 11 is 1.55. The molecule has 0 aliphatic heterocycles. The summed E-state index contributed by atoms with van der Waals surface area (Å²) in [5.41, 5.74) is 1.96. The van der Waals surface area contributed by atoms with Crippen LogP contribution in [0.15, 0.2) is 71.0 Å². The summed E-state index contributed by atoms with van der Waals surface area (Å²) in [5, 5.41) is 1.83. The van der Waals surface area contributed by atoms with Gasteiger partial charge in [-0.25, -0.2) is 0 Å². The summed E-state index contributed by atoms with van der Waals surface area (Å²) in [4.78, 5) is 12.9. The Bertz CT molecular complexity index is 541. The molecule has 0 bridgehead atoms. The Morgan fingerprint density at radius 2 is 1.67 bits per heavy atom. The zero-order chi connectivity index (χ0) is 12.8. The molecule has 0 N–H and O–H groups in total. The van der Waals surface area contributed by atoms with Crippen molar-refractivity contribution in [2.24, 2.45) is 0 Å². The molecule has 0 saturated heterocycles. The van der Waals surface area contributed by atoms with E-state index in [4.69, 9.17) is 0 Å². The molecule has 0 amide bonds. The number of thioether (sulfide) groups is 1. The van der Waals surface area contributed by atoms with Gasteiger partial charge in [-0.1, -0.05) is 59.8 Å². The second-order valence-corrected chi connectivity index (χ2v) is 4.94. The summed E-state index contributed by atoms with van der Waals surface area (Å²) < 4.78 is 0. The highest BCUT2D eigenvalue weighted by atomic mass is 32.2. The number of aryl methyl sites for hydroxylation is 1. The molecule has 0 aliphatic carbocycles. The molecule has 1 nitrogen and oxygen atoms in total. The largest absolute Gasteiger partial charge is 0.289 e. The Kier molecular flexibility index (Phi) is 4.37. The van der Waals surface area contributed by atoms with E-state index in [1.165, 1.54) is 5.56 Å². The Morgan fingerprint density at radius 3 is 2.33 bits per heavy atom. The van der Waals surface area contributed by atoms with Crippen LogP contribution in [-0.4, -0.2) is 5.78 Å². The summed E-state index contributed by atoms with van der Waals surface area (Å²) in [6.45, 7) is 2.06. The molecule has 0 atom stereocenters. The van der Waals surface area contributed by atoms with Crippen LogP contribution in [-0.2, 0) is 0 Å². The van der Waals surface area contributed by atoms with Gasteiger partial charge in [0.05, 0.1) is 0 Å². The van der Waals surface area contributed by atoms with Crippen molar-refractivity contribution in [2.45, 2.75) is 11.8 Å². The van der Waals surface area contributed by atoms with Crippen LogP contribution in [0, 0.1) is 6.92 Å². The minimum absolute atomic E-state index is 0.0372. The highest BCUT2D eigenvalue weighted by molar-refractivity contribution is 8.02. The SMILES string of the molecule is Cc1ccc(S/C=C/C(=O)c2ccccc2)cc1. The normalized spacial score (nSPS) is 10.7. The molecule has 0 fully saturated rings. The second kappa shape index (κ2) is 6.22. The van der Waals surface area contributed by atoms with E-state index in [9.17, 15) is 4.79 Å². The smallest absolute Gasteiger partial charge is 0.186 e. The topological polar surface area (TPSA) is 17.1 Å². The fourth-order valence-corrected chi connectivity index (χ4v) is 2.13. The zero-order valence-corrected chi connectivity index (χ0v) is 11.0. The van der Waals surface area contributed by atoms with Crippen LogP contribution in [0.2, 0.25) is 0 Å².